The van der Waals surface area contributed by atoms with Gasteiger partial charge in [-0.3, -0.25) is 4.79 Å². The lowest BCUT2D eigenvalue weighted by Crippen LogP contribution is -2.41. The topological polar surface area (TPSA) is 55.1 Å². The zero-order chi connectivity index (χ0) is 13.2. The standard InChI is InChI=1S/C14H28N2OS.ClH/c1-18-11-9-13(15)14(17)16-10-5-4-8-12-6-2-3-7-12;/h12-13H,2-11,15H2,1H3,(H,16,17);1H/t13-;/m0./s1. The number of carbonyl (C=O) groups is 1. The fraction of sp³-hybridized carbons (Fsp3) is 0.929. The minimum Gasteiger partial charge on any atom is -0.355 e. The summed E-state index contributed by atoms with van der Waals surface area (Å²) < 4.78 is 0. The van der Waals surface area contributed by atoms with Crippen molar-refractivity contribution in [2.45, 2.75) is 57.4 Å². The van der Waals surface area contributed by atoms with Crippen LogP contribution in [0.15, 0.2) is 0 Å². The highest BCUT2D eigenvalue weighted by Crippen LogP contribution is 2.28. The van der Waals surface area contributed by atoms with E-state index in [0.717, 1.165) is 31.1 Å². The summed E-state index contributed by atoms with van der Waals surface area (Å²) in [5.74, 6) is 1.94. The molecule has 3 N–H and O–H groups in total. The van der Waals surface area contributed by atoms with E-state index in [9.17, 15) is 4.79 Å². The number of hydrogen-bond acceptors (Lipinski definition) is 3. The van der Waals surface area contributed by atoms with Crippen LogP contribution in [-0.2, 0) is 4.79 Å². The molecule has 1 aliphatic carbocycles. The van der Waals surface area contributed by atoms with E-state index in [1.807, 2.05) is 6.26 Å². The van der Waals surface area contributed by atoms with Crippen LogP contribution >= 0.6 is 24.2 Å². The van der Waals surface area contributed by atoms with E-state index in [-0.39, 0.29) is 24.4 Å². The molecular formula is C14H29ClN2OS. The van der Waals surface area contributed by atoms with Crippen molar-refractivity contribution in [3.63, 3.8) is 0 Å². The molecule has 5 heteroatoms. The smallest absolute Gasteiger partial charge is 0.236 e. The summed E-state index contributed by atoms with van der Waals surface area (Å²) in [5.41, 5.74) is 5.79. The summed E-state index contributed by atoms with van der Waals surface area (Å²) in [6.07, 6.45) is 12.2. The Morgan fingerprint density at radius 2 is 2.05 bits per heavy atom. The number of rotatable bonds is 9. The molecule has 19 heavy (non-hydrogen) atoms. The van der Waals surface area contributed by atoms with E-state index >= 15 is 0 Å². The summed E-state index contributed by atoms with van der Waals surface area (Å²) in [6, 6.07) is -0.327. The first-order valence-corrected chi connectivity index (χ1v) is 8.65. The molecule has 0 spiro atoms. The highest BCUT2D eigenvalue weighted by Gasteiger charge is 2.14. The van der Waals surface area contributed by atoms with Gasteiger partial charge in [-0.25, -0.2) is 0 Å². The lowest BCUT2D eigenvalue weighted by Gasteiger charge is -2.12. The van der Waals surface area contributed by atoms with Crippen molar-refractivity contribution >= 4 is 30.1 Å². The maximum absolute atomic E-state index is 11.6. The Balaban J connectivity index is 0.00000324. The minimum absolute atomic E-state index is 0. The molecule has 114 valence electrons. The molecule has 0 aliphatic heterocycles. The molecule has 0 radical (unpaired) electrons. The Kier molecular flexibility index (Phi) is 11.9. The van der Waals surface area contributed by atoms with Crippen LogP contribution in [-0.4, -0.2) is 30.5 Å². The third-order valence-electron chi connectivity index (χ3n) is 3.78. The van der Waals surface area contributed by atoms with Crippen LogP contribution < -0.4 is 11.1 Å². The Morgan fingerprint density at radius 1 is 1.37 bits per heavy atom. The number of hydrogen-bond donors (Lipinski definition) is 2. The van der Waals surface area contributed by atoms with Crippen LogP contribution in [0.25, 0.3) is 0 Å². The van der Waals surface area contributed by atoms with Crippen molar-refractivity contribution in [1.82, 2.24) is 5.32 Å². The minimum atomic E-state index is -0.327. The first-order chi connectivity index (χ1) is 8.74. The van der Waals surface area contributed by atoms with Gasteiger partial charge >= 0.3 is 0 Å². The fourth-order valence-electron chi connectivity index (χ4n) is 2.58. The normalized spacial score (nSPS) is 16.9. The molecule has 1 atom stereocenters. The lowest BCUT2D eigenvalue weighted by molar-refractivity contribution is -0.122. The van der Waals surface area contributed by atoms with Crippen LogP contribution in [0.4, 0.5) is 0 Å². The summed E-state index contributed by atoms with van der Waals surface area (Å²) in [7, 11) is 0. The van der Waals surface area contributed by atoms with Gasteiger partial charge in [0, 0.05) is 6.54 Å². The molecule has 0 heterocycles. The predicted octanol–water partition coefficient (Wildman–Crippen LogP) is 2.97. The number of thioether (sulfide) groups is 1. The van der Waals surface area contributed by atoms with Crippen molar-refractivity contribution in [2.24, 2.45) is 11.7 Å². The molecule has 3 nitrogen and oxygen atoms in total. The third kappa shape index (κ3) is 8.77. The molecule has 1 amide bonds. The summed E-state index contributed by atoms with van der Waals surface area (Å²) in [5, 5.41) is 2.94. The van der Waals surface area contributed by atoms with Crippen molar-refractivity contribution in [1.29, 1.82) is 0 Å². The van der Waals surface area contributed by atoms with Crippen LogP contribution in [0.1, 0.15) is 51.4 Å². The Morgan fingerprint density at radius 3 is 2.68 bits per heavy atom. The van der Waals surface area contributed by atoms with Crippen molar-refractivity contribution in [3.05, 3.63) is 0 Å². The van der Waals surface area contributed by atoms with Crippen molar-refractivity contribution in [3.8, 4) is 0 Å². The average molecular weight is 309 g/mol. The number of halogens is 1. The van der Waals surface area contributed by atoms with Crippen molar-refractivity contribution < 1.29 is 4.79 Å². The molecule has 0 unspecified atom stereocenters. The van der Waals surface area contributed by atoms with Crippen LogP contribution in [0, 0.1) is 5.92 Å². The number of carbonyl (C=O) groups excluding carboxylic acids is 1. The first-order valence-electron chi connectivity index (χ1n) is 7.26. The van der Waals surface area contributed by atoms with Gasteiger partial charge in [0.1, 0.15) is 0 Å². The SMILES string of the molecule is CSCC[C@H](N)C(=O)NCCCCC1CCCC1.Cl. The van der Waals surface area contributed by atoms with Gasteiger partial charge in [0.15, 0.2) is 0 Å². The first kappa shape index (κ1) is 19.1. The molecule has 1 aliphatic rings. The summed E-state index contributed by atoms with van der Waals surface area (Å²) in [4.78, 5) is 11.6. The molecule has 0 saturated heterocycles. The summed E-state index contributed by atoms with van der Waals surface area (Å²) >= 11 is 1.73. The van der Waals surface area contributed by atoms with Crippen LogP contribution in [0.5, 0.6) is 0 Å². The van der Waals surface area contributed by atoms with E-state index in [4.69, 9.17) is 5.73 Å². The molecule has 1 saturated carbocycles. The molecule has 1 rings (SSSR count). The van der Waals surface area contributed by atoms with Gasteiger partial charge in [-0.1, -0.05) is 38.5 Å². The van der Waals surface area contributed by atoms with Crippen LogP contribution in [0.2, 0.25) is 0 Å². The van der Waals surface area contributed by atoms with E-state index < -0.39 is 0 Å². The van der Waals surface area contributed by atoms with Gasteiger partial charge in [-0.15, -0.1) is 12.4 Å². The van der Waals surface area contributed by atoms with Gasteiger partial charge in [0.05, 0.1) is 6.04 Å². The Bertz CT molecular complexity index is 235. The van der Waals surface area contributed by atoms with E-state index in [1.54, 1.807) is 11.8 Å². The second-order valence-corrected chi connectivity index (χ2v) is 6.31. The van der Waals surface area contributed by atoms with Gasteiger partial charge in [-0.2, -0.15) is 11.8 Å². The summed E-state index contributed by atoms with van der Waals surface area (Å²) in [6.45, 7) is 0.790. The quantitative estimate of drug-likeness (QED) is 0.644. The molecule has 1 fully saturated rings. The van der Waals surface area contributed by atoms with E-state index in [0.29, 0.717) is 0 Å². The van der Waals surface area contributed by atoms with E-state index in [2.05, 4.69) is 5.32 Å². The van der Waals surface area contributed by atoms with Crippen LogP contribution in [0.3, 0.4) is 0 Å². The molecular weight excluding hydrogens is 280 g/mol. The second kappa shape index (κ2) is 11.9. The number of unbranched alkanes of at least 4 members (excludes halogenated alkanes) is 1. The maximum atomic E-state index is 11.6. The lowest BCUT2D eigenvalue weighted by atomic mass is 10.0. The van der Waals surface area contributed by atoms with E-state index in [1.165, 1.54) is 38.5 Å². The highest BCUT2D eigenvalue weighted by atomic mass is 35.5. The molecule has 0 aromatic carbocycles. The van der Waals surface area contributed by atoms with Gasteiger partial charge in [-0.05, 0) is 30.8 Å². The largest absolute Gasteiger partial charge is 0.355 e. The van der Waals surface area contributed by atoms with Gasteiger partial charge in [0.25, 0.3) is 0 Å². The predicted molar refractivity (Wildman–Crippen MR) is 87.0 cm³/mol. The number of nitrogens with two attached hydrogens (primary N) is 1. The monoisotopic (exact) mass is 308 g/mol. The van der Waals surface area contributed by atoms with Gasteiger partial charge in [0.2, 0.25) is 5.91 Å². The zero-order valence-corrected chi connectivity index (χ0v) is 13.7. The van der Waals surface area contributed by atoms with Crippen molar-refractivity contribution in [2.75, 3.05) is 18.6 Å². The van der Waals surface area contributed by atoms with Gasteiger partial charge < -0.3 is 11.1 Å². The Labute approximate surface area is 128 Å². The third-order valence-corrected chi connectivity index (χ3v) is 4.43. The molecule has 0 bridgehead atoms. The molecule has 0 aromatic rings. The Hall–Kier alpha value is 0.0700. The number of amides is 1. The number of nitrogens with one attached hydrogen (secondary N) is 1. The average Bonchev–Trinajstić information content (AvgIpc) is 2.88. The maximum Gasteiger partial charge on any atom is 0.236 e. The molecule has 0 aromatic heterocycles. The zero-order valence-electron chi connectivity index (χ0n) is 12.0. The second-order valence-electron chi connectivity index (χ2n) is 5.33. The fourth-order valence-corrected chi connectivity index (χ4v) is 3.07. The highest BCUT2D eigenvalue weighted by molar-refractivity contribution is 7.98.